The van der Waals surface area contributed by atoms with E-state index in [1.54, 1.807) is 4.68 Å². The number of aliphatic hydroxyl groups is 1. The fourth-order valence-corrected chi connectivity index (χ4v) is 1.68. The van der Waals surface area contributed by atoms with Gasteiger partial charge in [0.1, 0.15) is 0 Å². The van der Waals surface area contributed by atoms with Crippen LogP contribution in [0.15, 0.2) is 36.5 Å². The Bertz CT molecular complexity index is 455. The molecule has 1 aromatic carbocycles. The molecule has 5 heteroatoms. The summed E-state index contributed by atoms with van der Waals surface area (Å²) < 4.78 is 1.66. The second-order valence-electron chi connectivity index (χ2n) is 3.91. The second-order valence-corrected chi connectivity index (χ2v) is 3.91. The predicted molar refractivity (Wildman–Crippen MR) is 64.1 cm³/mol. The van der Waals surface area contributed by atoms with Crippen LogP contribution in [-0.4, -0.2) is 26.7 Å². The average Bonchev–Trinajstić information content (AvgIpc) is 2.77. The Morgan fingerprint density at radius 1 is 1.35 bits per heavy atom. The summed E-state index contributed by atoms with van der Waals surface area (Å²) in [5, 5.41) is 20.5. The van der Waals surface area contributed by atoms with Gasteiger partial charge in [-0.05, 0) is 5.56 Å². The van der Waals surface area contributed by atoms with E-state index in [1.807, 2.05) is 43.6 Å². The molecule has 0 saturated heterocycles. The molecule has 0 unspecified atom stereocenters. The molecule has 0 aliphatic rings. The largest absolute Gasteiger partial charge is 0.394 e. The van der Waals surface area contributed by atoms with Crippen LogP contribution in [0.1, 0.15) is 17.3 Å². The highest BCUT2D eigenvalue weighted by Gasteiger charge is 2.09. The zero-order valence-electron chi connectivity index (χ0n) is 9.74. The number of hydrogen-bond acceptors (Lipinski definition) is 4. The molecule has 0 aliphatic carbocycles. The van der Waals surface area contributed by atoms with Gasteiger partial charge in [0.2, 0.25) is 0 Å². The summed E-state index contributed by atoms with van der Waals surface area (Å²) in [7, 11) is 1.83. The van der Waals surface area contributed by atoms with E-state index in [-0.39, 0.29) is 12.6 Å². The smallest absolute Gasteiger partial charge is 0.0964 e. The molecule has 90 valence electrons. The van der Waals surface area contributed by atoms with Crippen LogP contribution in [0.2, 0.25) is 0 Å². The molecule has 1 aromatic heterocycles. The molecule has 5 nitrogen and oxygen atoms in total. The fraction of sp³-hybridized carbons (Fsp3) is 0.333. The van der Waals surface area contributed by atoms with Crippen molar-refractivity contribution in [2.24, 2.45) is 7.05 Å². The molecular weight excluding hydrogens is 216 g/mol. The van der Waals surface area contributed by atoms with E-state index >= 15 is 0 Å². The van der Waals surface area contributed by atoms with Gasteiger partial charge in [0.15, 0.2) is 0 Å². The minimum absolute atomic E-state index is 0.0598. The zero-order valence-corrected chi connectivity index (χ0v) is 9.74. The van der Waals surface area contributed by atoms with Crippen molar-refractivity contribution < 1.29 is 5.11 Å². The van der Waals surface area contributed by atoms with Gasteiger partial charge in [-0.15, -0.1) is 5.10 Å². The Kier molecular flexibility index (Phi) is 3.85. The zero-order chi connectivity index (χ0) is 12.1. The number of nitrogens with zero attached hydrogens (tertiary/aromatic N) is 3. The van der Waals surface area contributed by atoms with E-state index in [2.05, 4.69) is 15.6 Å². The maximum Gasteiger partial charge on any atom is 0.0964 e. The van der Waals surface area contributed by atoms with Crippen molar-refractivity contribution in [2.45, 2.75) is 12.6 Å². The molecule has 0 saturated carbocycles. The maximum atomic E-state index is 9.36. The van der Waals surface area contributed by atoms with Crippen molar-refractivity contribution in [1.29, 1.82) is 0 Å². The minimum atomic E-state index is -0.0711. The topological polar surface area (TPSA) is 63.0 Å². The van der Waals surface area contributed by atoms with Gasteiger partial charge in [-0.1, -0.05) is 35.5 Å². The quantitative estimate of drug-likeness (QED) is 0.794. The molecule has 0 amide bonds. The van der Waals surface area contributed by atoms with Gasteiger partial charge in [-0.2, -0.15) is 0 Å². The molecule has 0 bridgehead atoms. The molecular formula is C12H16N4O. The van der Waals surface area contributed by atoms with Crippen LogP contribution in [0.25, 0.3) is 0 Å². The third kappa shape index (κ3) is 3.12. The monoisotopic (exact) mass is 232 g/mol. The van der Waals surface area contributed by atoms with Crippen molar-refractivity contribution in [3.05, 3.63) is 47.8 Å². The van der Waals surface area contributed by atoms with Gasteiger partial charge >= 0.3 is 0 Å². The van der Waals surface area contributed by atoms with Crippen LogP contribution in [0.3, 0.4) is 0 Å². The minimum Gasteiger partial charge on any atom is -0.394 e. The summed E-state index contributed by atoms with van der Waals surface area (Å²) >= 11 is 0. The molecule has 1 heterocycles. The van der Waals surface area contributed by atoms with Crippen molar-refractivity contribution in [3.8, 4) is 0 Å². The SMILES string of the molecule is Cn1cc(CN[C@H](CO)c2ccccc2)nn1. The van der Waals surface area contributed by atoms with Crippen LogP contribution < -0.4 is 5.32 Å². The number of aryl methyl sites for hydroxylation is 1. The van der Waals surface area contributed by atoms with Crippen LogP contribution in [0.4, 0.5) is 0 Å². The third-order valence-corrected chi connectivity index (χ3v) is 2.56. The van der Waals surface area contributed by atoms with Crippen molar-refractivity contribution in [3.63, 3.8) is 0 Å². The lowest BCUT2D eigenvalue weighted by molar-refractivity contribution is 0.243. The fourth-order valence-electron chi connectivity index (χ4n) is 1.68. The molecule has 0 aliphatic heterocycles. The predicted octanol–water partition coefficient (Wildman–Crippen LogP) is 0.638. The van der Waals surface area contributed by atoms with E-state index in [0.717, 1.165) is 11.3 Å². The summed E-state index contributed by atoms with van der Waals surface area (Å²) in [5.41, 5.74) is 1.93. The molecule has 2 N–H and O–H groups in total. The van der Waals surface area contributed by atoms with Crippen LogP contribution in [-0.2, 0) is 13.6 Å². The molecule has 0 fully saturated rings. The van der Waals surface area contributed by atoms with Gasteiger partial charge < -0.3 is 10.4 Å². The summed E-state index contributed by atoms with van der Waals surface area (Å²) in [6, 6.07) is 9.79. The van der Waals surface area contributed by atoms with E-state index in [1.165, 1.54) is 0 Å². The van der Waals surface area contributed by atoms with E-state index < -0.39 is 0 Å². The number of benzene rings is 1. The number of hydrogen-bond donors (Lipinski definition) is 2. The maximum absolute atomic E-state index is 9.36. The standard InChI is InChI=1S/C12H16N4O/c1-16-8-11(14-15-16)7-13-12(9-17)10-5-3-2-4-6-10/h2-6,8,12-13,17H,7,9H2,1H3/t12-/m1/s1. The normalized spacial score (nSPS) is 12.6. The molecule has 0 spiro atoms. The van der Waals surface area contributed by atoms with Gasteiger partial charge in [0, 0.05) is 19.8 Å². The lowest BCUT2D eigenvalue weighted by Crippen LogP contribution is -2.24. The van der Waals surface area contributed by atoms with Crippen LogP contribution >= 0.6 is 0 Å². The first-order valence-electron chi connectivity index (χ1n) is 5.54. The van der Waals surface area contributed by atoms with E-state index in [4.69, 9.17) is 0 Å². The average molecular weight is 232 g/mol. The van der Waals surface area contributed by atoms with Crippen LogP contribution in [0, 0.1) is 0 Å². The first-order valence-corrected chi connectivity index (χ1v) is 5.54. The van der Waals surface area contributed by atoms with Gasteiger partial charge in [0.05, 0.1) is 18.3 Å². The summed E-state index contributed by atoms with van der Waals surface area (Å²) in [6.45, 7) is 0.651. The van der Waals surface area contributed by atoms with Crippen LogP contribution in [0.5, 0.6) is 0 Å². The second kappa shape index (κ2) is 5.56. The van der Waals surface area contributed by atoms with Gasteiger partial charge in [0.25, 0.3) is 0 Å². The van der Waals surface area contributed by atoms with E-state index in [0.29, 0.717) is 6.54 Å². The summed E-state index contributed by atoms with van der Waals surface area (Å²) in [5.74, 6) is 0. The highest BCUT2D eigenvalue weighted by atomic mass is 16.3. The van der Waals surface area contributed by atoms with Crippen molar-refractivity contribution >= 4 is 0 Å². The summed E-state index contributed by atoms with van der Waals surface area (Å²) in [6.07, 6.45) is 1.85. The third-order valence-electron chi connectivity index (χ3n) is 2.56. The molecule has 2 rings (SSSR count). The highest BCUT2D eigenvalue weighted by molar-refractivity contribution is 5.19. The number of rotatable bonds is 5. The van der Waals surface area contributed by atoms with E-state index in [9.17, 15) is 5.11 Å². The number of aromatic nitrogens is 3. The van der Waals surface area contributed by atoms with Crippen molar-refractivity contribution in [2.75, 3.05) is 6.61 Å². The molecule has 0 radical (unpaired) electrons. The Balaban J connectivity index is 1.97. The lowest BCUT2D eigenvalue weighted by atomic mass is 10.1. The Morgan fingerprint density at radius 3 is 2.71 bits per heavy atom. The molecule has 1 atom stereocenters. The first-order chi connectivity index (χ1) is 8.29. The lowest BCUT2D eigenvalue weighted by Gasteiger charge is -2.15. The Labute approximate surface area is 100 Å². The molecule has 17 heavy (non-hydrogen) atoms. The Hall–Kier alpha value is -1.72. The number of aliphatic hydroxyl groups excluding tert-OH is 1. The first kappa shape index (κ1) is 11.8. The molecule has 2 aromatic rings. The van der Waals surface area contributed by atoms with Crippen molar-refractivity contribution in [1.82, 2.24) is 20.3 Å². The highest BCUT2D eigenvalue weighted by Crippen LogP contribution is 2.11. The van der Waals surface area contributed by atoms with Gasteiger partial charge in [-0.3, -0.25) is 4.68 Å². The van der Waals surface area contributed by atoms with Gasteiger partial charge in [-0.25, -0.2) is 0 Å². The summed E-state index contributed by atoms with van der Waals surface area (Å²) in [4.78, 5) is 0. The number of nitrogens with one attached hydrogen (secondary N) is 1. The Morgan fingerprint density at radius 2 is 2.12 bits per heavy atom.